The summed E-state index contributed by atoms with van der Waals surface area (Å²) in [6.07, 6.45) is 3.46. The van der Waals surface area contributed by atoms with Gasteiger partial charge in [0, 0.05) is 0 Å². The molecule has 0 aromatic heterocycles. The summed E-state index contributed by atoms with van der Waals surface area (Å²) in [4.78, 5) is 1.53. The quantitative estimate of drug-likeness (QED) is 0.869. The van der Waals surface area contributed by atoms with Gasteiger partial charge in [-0.1, -0.05) is 6.07 Å². The van der Waals surface area contributed by atoms with Gasteiger partial charge in [0.2, 0.25) is 0 Å². The van der Waals surface area contributed by atoms with Crippen LogP contribution >= 0.6 is 0 Å². The van der Waals surface area contributed by atoms with Crippen molar-refractivity contribution in [2.45, 2.75) is 65.1 Å². The lowest BCUT2D eigenvalue weighted by Gasteiger charge is -2.36. The Labute approximate surface area is 128 Å². The monoisotopic (exact) mass is 292 g/mol. The molecule has 0 saturated carbocycles. The molecule has 1 aromatic carbocycles. The second kappa shape index (κ2) is 7.28. The van der Waals surface area contributed by atoms with Crippen LogP contribution in [0.3, 0.4) is 0 Å². The van der Waals surface area contributed by atoms with Gasteiger partial charge in [-0.15, -0.1) is 0 Å². The van der Waals surface area contributed by atoms with Crippen LogP contribution in [0, 0.1) is 13.8 Å². The Kier molecular flexibility index (Phi) is 5.65. The molecule has 3 heteroatoms. The minimum absolute atomic E-state index is 0.381. The molecule has 0 spiro atoms. The Bertz CT molecular complexity index is 430. The molecule has 3 nitrogen and oxygen atoms in total. The number of benzene rings is 1. The predicted molar refractivity (Wildman–Crippen MR) is 86.0 cm³/mol. The molecule has 0 aliphatic carbocycles. The molecule has 4 atom stereocenters. The van der Waals surface area contributed by atoms with E-state index in [4.69, 9.17) is 4.74 Å². The summed E-state index contributed by atoms with van der Waals surface area (Å²) in [5, 5.41) is 10.3. The second-order valence-corrected chi connectivity index (χ2v) is 6.80. The number of aliphatic hydroxyl groups excluding tert-OH is 1. The summed E-state index contributed by atoms with van der Waals surface area (Å²) in [5.74, 6) is 0.862. The van der Waals surface area contributed by atoms with Crippen molar-refractivity contribution in [1.29, 1.82) is 0 Å². The molecule has 0 amide bonds. The number of quaternary nitrogens is 1. The molecule has 0 bridgehead atoms. The van der Waals surface area contributed by atoms with Gasteiger partial charge in [-0.05, 0) is 70.2 Å². The van der Waals surface area contributed by atoms with Crippen molar-refractivity contribution >= 4 is 0 Å². The van der Waals surface area contributed by atoms with Gasteiger partial charge in [0.25, 0.3) is 0 Å². The van der Waals surface area contributed by atoms with Gasteiger partial charge in [-0.3, -0.25) is 0 Å². The fourth-order valence-corrected chi connectivity index (χ4v) is 3.53. The largest absolute Gasteiger partial charge is 0.491 e. The number of aliphatic hydroxyl groups is 1. The number of rotatable bonds is 5. The first-order chi connectivity index (χ1) is 9.95. The van der Waals surface area contributed by atoms with Gasteiger partial charge in [0.15, 0.2) is 0 Å². The second-order valence-electron chi connectivity index (χ2n) is 6.80. The van der Waals surface area contributed by atoms with E-state index in [1.807, 2.05) is 12.1 Å². The van der Waals surface area contributed by atoms with Crippen LogP contribution in [0.2, 0.25) is 0 Å². The molecule has 1 heterocycles. The zero-order valence-electron chi connectivity index (χ0n) is 13.9. The van der Waals surface area contributed by atoms with Crippen LogP contribution in [-0.2, 0) is 0 Å². The van der Waals surface area contributed by atoms with E-state index < -0.39 is 6.10 Å². The normalized spacial score (nSPS) is 27.4. The van der Waals surface area contributed by atoms with E-state index >= 15 is 0 Å². The number of ether oxygens (including phenoxy) is 1. The number of aryl methyl sites for hydroxylation is 2. The molecule has 118 valence electrons. The Morgan fingerprint density at radius 1 is 1.14 bits per heavy atom. The number of hydrogen-bond acceptors (Lipinski definition) is 2. The summed E-state index contributed by atoms with van der Waals surface area (Å²) in [7, 11) is 0. The SMILES string of the molecule is Cc1cc(C)cc(OC[C@@H](O)C[NH+]2[C@H](C)CCC[C@@H]2C)c1. The molecule has 1 saturated heterocycles. The Balaban J connectivity index is 1.85. The third-order valence-corrected chi connectivity index (χ3v) is 4.65. The van der Waals surface area contributed by atoms with Crippen LogP contribution < -0.4 is 9.64 Å². The van der Waals surface area contributed by atoms with E-state index in [9.17, 15) is 5.11 Å². The molecular formula is C18H30NO2+. The van der Waals surface area contributed by atoms with Crippen molar-refractivity contribution in [3.63, 3.8) is 0 Å². The standard InChI is InChI=1S/C18H29NO2/c1-13-8-14(2)10-18(9-13)21-12-17(20)11-19-15(3)6-5-7-16(19)4/h8-10,15-17,20H,5-7,11-12H2,1-4H3/p+1/t15-,16+,17-/m0/s1. The lowest BCUT2D eigenvalue weighted by molar-refractivity contribution is -0.954. The van der Waals surface area contributed by atoms with Crippen molar-refractivity contribution in [2.75, 3.05) is 13.2 Å². The van der Waals surface area contributed by atoms with Crippen molar-refractivity contribution in [3.05, 3.63) is 29.3 Å². The number of hydrogen-bond donors (Lipinski definition) is 2. The van der Waals surface area contributed by atoms with E-state index in [-0.39, 0.29) is 0 Å². The molecule has 1 unspecified atom stereocenters. The van der Waals surface area contributed by atoms with Gasteiger partial charge < -0.3 is 14.7 Å². The highest BCUT2D eigenvalue weighted by Gasteiger charge is 2.30. The first-order valence-corrected chi connectivity index (χ1v) is 8.20. The summed E-state index contributed by atoms with van der Waals surface area (Å²) < 4.78 is 5.78. The first kappa shape index (κ1) is 16.3. The summed E-state index contributed by atoms with van der Waals surface area (Å²) in [6, 6.07) is 7.47. The zero-order valence-corrected chi connectivity index (χ0v) is 13.9. The van der Waals surface area contributed by atoms with Crippen LogP contribution in [0.15, 0.2) is 18.2 Å². The Morgan fingerprint density at radius 3 is 2.29 bits per heavy atom. The molecule has 0 radical (unpaired) electrons. The molecule has 1 fully saturated rings. The molecule has 1 aliphatic heterocycles. The maximum absolute atomic E-state index is 10.3. The summed E-state index contributed by atoms with van der Waals surface area (Å²) >= 11 is 0. The Hall–Kier alpha value is -1.06. The van der Waals surface area contributed by atoms with Crippen molar-refractivity contribution in [2.24, 2.45) is 0 Å². The lowest BCUT2D eigenvalue weighted by Crippen LogP contribution is -3.20. The molecule has 1 aliphatic rings. The topological polar surface area (TPSA) is 33.9 Å². The van der Waals surface area contributed by atoms with Crippen LogP contribution in [0.25, 0.3) is 0 Å². The van der Waals surface area contributed by atoms with E-state index in [1.54, 1.807) is 0 Å². The van der Waals surface area contributed by atoms with Crippen molar-refractivity contribution < 1.29 is 14.7 Å². The lowest BCUT2D eigenvalue weighted by atomic mass is 9.97. The number of nitrogens with one attached hydrogen (secondary N) is 1. The predicted octanol–water partition coefficient (Wildman–Crippen LogP) is 1.89. The van der Waals surface area contributed by atoms with E-state index in [1.165, 1.54) is 35.3 Å². The third kappa shape index (κ3) is 4.72. The zero-order chi connectivity index (χ0) is 15.4. The average molecular weight is 292 g/mol. The number of likely N-dealkylation sites (tertiary alicyclic amines) is 1. The van der Waals surface area contributed by atoms with Gasteiger partial charge >= 0.3 is 0 Å². The van der Waals surface area contributed by atoms with Gasteiger partial charge in [-0.25, -0.2) is 0 Å². The maximum atomic E-state index is 10.3. The first-order valence-electron chi connectivity index (χ1n) is 8.20. The molecule has 21 heavy (non-hydrogen) atoms. The molecule has 1 aromatic rings. The van der Waals surface area contributed by atoms with E-state index in [0.717, 1.165) is 12.3 Å². The van der Waals surface area contributed by atoms with Gasteiger partial charge in [-0.2, -0.15) is 0 Å². The van der Waals surface area contributed by atoms with Crippen molar-refractivity contribution in [1.82, 2.24) is 0 Å². The summed E-state index contributed by atoms with van der Waals surface area (Å²) in [5.41, 5.74) is 2.40. The average Bonchev–Trinajstić information content (AvgIpc) is 2.40. The van der Waals surface area contributed by atoms with Gasteiger partial charge in [0.1, 0.15) is 25.0 Å². The molecular weight excluding hydrogens is 262 g/mol. The maximum Gasteiger partial charge on any atom is 0.137 e. The smallest absolute Gasteiger partial charge is 0.137 e. The highest BCUT2D eigenvalue weighted by atomic mass is 16.5. The fraction of sp³-hybridized carbons (Fsp3) is 0.667. The minimum Gasteiger partial charge on any atom is -0.491 e. The van der Waals surface area contributed by atoms with Crippen molar-refractivity contribution in [3.8, 4) is 5.75 Å². The third-order valence-electron chi connectivity index (χ3n) is 4.65. The van der Waals surface area contributed by atoms with Crippen LogP contribution in [0.5, 0.6) is 5.75 Å². The van der Waals surface area contributed by atoms with E-state index in [2.05, 4.69) is 33.8 Å². The number of piperidine rings is 1. The van der Waals surface area contributed by atoms with Crippen LogP contribution in [-0.4, -0.2) is 36.4 Å². The summed E-state index contributed by atoms with van der Waals surface area (Å²) in [6.45, 7) is 9.89. The minimum atomic E-state index is -0.399. The van der Waals surface area contributed by atoms with Crippen LogP contribution in [0.1, 0.15) is 44.2 Å². The molecule has 2 N–H and O–H groups in total. The highest BCUT2D eigenvalue weighted by molar-refractivity contribution is 5.32. The highest BCUT2D eigenvalue weighted by Crippen LogP contribution is 2.16. The van der Waals surface area contributed by atoms with Crippen LogP contribution in [0.4, 0.5) is 0 Å². The molecule has 2 rings (SSSR count). The van der Waals surface area contributed by atoms with Gasteiger partial charge in [0.05, 0.1) is 12.1 Å². The Morgan fingerprint density at radius 2 is 1.71 bits per heavy atom. The fourth-order valence-electron chi connectivity index (χ4n) is 3.53. The van der Waals surface area contributed by atoms with E-state index in [0.29, 0.717) is 18.7 Å².